The second-order valence-corrected chi connectivity index (χ2v) is 5.56. The molecule has 3 rings (SSSR count). The van der Waals surface area contributed by atoms with E-state index in [0.717, 1.165) is 0 Å². The number of phenols is 1. The third kappa shape index (κ3) is 3.80. The third-order valence-electron chi connectivity index (χ3n) is 3.70. The minimum Gasteiger partial charge on any atom is -0.508 e. The molecule has 1 aromatic heterocycles. The van der Waals surface area contributed by atoms with E-state index >= 15 is 0 Å². The van der Waals surface area contributed by atoms with Crippen molar-refractivity contribution >= 4 is 23.0 Å². The van der Waals surface area contributed by atoms with Gasteiger partial charge >= 0.3 is 0 Å². The highest BCUT2D eigenvalue weighted by molar-refractivity contribution is 6.06. The van der Waals surface area contributed by atoms with E-state index in [4.69, 9.17) is 0 Å². The van der Waals surface area contributed by atoms with Crippen LogP contribution in [0.4, 0.5) is 4.39 Å². The van der Waals surface area contributed by atoms with E-state index in [1.54, 1.807) is 31.2 Å². The molecule has 0 atom stereocenters. The van der Waals surface area contributed by atoms with Gasteiger partial charge in [0.1, 0.15) is 11.6 Å². The summed E-state index contributed by atoms with van der Waals surface area (Å²) in [5.74, 6) is -0.712. The van der Waals surface area contributed by atoms with Crippen LogP contribution in [-0.4, -0.2) is 22.2 Å². The van der Waals surface area contributed by atoms with Crippen LogP contribution in [-0.2, 0) is 6.42 Å². The van der Waals surface area contributed by atoms with Crippen LogP contribution < -0.4 is 5.43 Å². The standard InChI is InChI=1S/C19H16FN3O2/c1-12-10-16(15-11-14(20)6-7-17(15)22-12)19(25)23-21-9-8-13-4-2-3-5-18(13)24/h2-7,9-11,24H,8H2,1H3,(H,23,25). The third-order valence-corrected chi connectivity index (χ3v) is 3.70. The van der Waals surface area contributed by atoms with Crippen molar-refractivity contribution in [3.63, 3.8) is 0 Å². The Hall–Kier alpha value is -3.28. The van der Waals surface area contributed by atoms with Gasteiger partial charge in [0.25, 0.3) is 5.91 Å². The first kappa shape index (κ1) is 16.6. The fourth-order valence-electron chi connectivity index (χ4n) is 2.51. The van der Waals surface area contributed by atoms with Gasteiger partial charge in [0.05, 0.1) is 11.1 Å². The lowest BCUT2D eigenvalue weighted by Gasteiger charge is -2.07. The van der Waals surface area contributed by atoms with Crippen LogP contribution in [0.5, 0.6) is 5.75 Å². The van der Waals surface area contributed by atoms with E-state index in [-0.39, 0.29) is 5.75 Å². The maximum atomic E-state index is 13.5. The maximum absolute atomic E-state index is 13.5. The second-order valence-electron chi connectivity index (χ2n) is 5.56. The van der Waals surface area contributed by atoms with Crippen molar-refractivity contribution in [3.05, 3.63) is 71.2 Å². The summed E-state index contributed by atoms with van der Waals surface area (Å²) in [5.41, 5.74) is 4.64. The number of aromatic hydroxyl groups is 1. The van der Waals surface area contributed by atoms with E-state index in [1.165, 1.54) is 24.4 Å². The van der Waals surface area contributed by atoms with Gasteiger partial charge in [0.2, 0.25) is 0 Å². The average Bonchev–Trinajstić information content (AvgIpc) is 2.59. The highest BCUT2D eigenvalue weighted by atomic mass is 19.1. The Kier molecular flexibility index (Phi) is 4.70. The molecule has 0 saturated heterocycles. The Labute approximate surface area is 143 Å². The lowest BCUT2D eigenvalue weighted by molar-refractivity contribution is 0.0956. The minimum absolute atomic E-state index is 0.173. The molecule has 1 heterocycles. The van der Waals surface area contributed by atoms with E-state index in [9.17, 15) is 14.3 Å². The number of nitrogens with zero attached hydrogens (tertiary/aromatic N) is 2. The molecule has 0 aliphatic rings. The molecule has 2 aromatic carbocycles. The molecule has 0 bridgehead atoms. The molecule has 0 radical (unpaired) electrons. The molecule has 0 spiro atoms. The number of carbonyl (C=O) groups excluding carboxylic acids is 1. The van der Waals surface area contributed by atoms with Crippen molar-refractivity contribution < 1.29 is 14.3 Å². The number of benzene rings is 2. The number of amides is 1. The highest BCUT2D eigenvalue weighted by Gasteiger charge is 2.12. The first-order valence-corrected chi connectivity index (χ1v) is 7.70. The van der Waals surface area contributed by atoms with Crippen molar-refractivity contribution in [2.24, 2.45) is 5.10 Å². The predicted octanol–water partition coefficient (Wildman–Crippen LogP) is 3.35. The number of para-hydroxylation sites is 1. The summed E-state index contributed by atoms with van der Waals surface area (Å²) < 4.78 is 13.5. The van der Waals surface area contributed by atoms with Crippen molar-refractivity contribution in [1.82, 2.24) is 10.4 Å². The van der Waals surface area contributed by atoms with Crippen LogP contribution in [0, 0.1) is 12.7 Å². The number of aryl methyl sites for hydroxylation is 1. The lowest BCUT2D eigenvalue weighted by atomic mass is 10.1. The number of nitrogens with one attached hydrogen (secondary N) is 1. The molecular formula is C19H16FN3O2. The van der Waals surface area contributed by atoms with E-state index in [0.29, 0.717) is 34.1 Å². The summed E-state index contributed by atoms with van der Waals surface area (Å²) in [6, 6.07) is 12.6. The predicted molar refractivity (Wildman–Crippen MR) is 94.2 cm³/mol. The fraction of sp³-hybridized carbons (Fsp3) is 0.105. The molecule has 5 nitrogen and oxygen atoms in total. The Balaban J connectivity index is 1.77. The van der Waals surface area contributed by atoms with Crippen LogP contribution in [0.2, 0.25) is 0 Å². The molecule has 1 amide bonds. The van der Waals surface area contributed by atoms with Crippen LogP contribution >= 0.6 is 0 Å². The van der Waals surface area contributed by atoms with Gasteiger partial charge in [0.15, 0.2) is 0 Å². The quantitative estimate of drug-likeness (QED) is 0.566. The molecule has 2 N–H and O–H groups in total. The minimum atomic E-state index is -0.449. The molecule has 25 heavy (non-hydrogen) atoms. The zero-order valence-electron chi connectivity index (χ0n) is 13.5. The Morgan fingerprint density at radius 2 is 2.08 bits per heavy atom. The van der Waals surface area contributed by atoms with Gasteiger partial charge in [0, 0.05) is 23.7 Å². The largest absolute Gasteiger partial charge is 0.508 e. The number of halogens is 1. The van der Waals surface area contributed by atoms with Crippen LogP contribution in [0.1, 0.15) is 21.6 Å². The summed E-state index contributed by atoms with van der Waals surface area (Å²) >= 11 is 0. The first-order valence-electron chi connectivity index (χ1n) is 7.70. The van der Waals surface area contributed by atoms with Gasteiger partial charge in [-0.25, -0.2) is 9.82 Å². The molecule has 3 aromatic rings. The van der Waals surface area contributed by atoms with Gasteiger partial charge in [-0.15, -0.1) is 0 Å². The molecule has 126 valence electrons. The number of hydrogen-bond acceptors (Lipinski definition) is 4. The lowest BCUT2D eigenvalue weighted by Crippen LogP contribution is -2.18. The number of phenolic OH excluding ortho intramolecular Hbond substituents is 1. The number of hydrogen-bond donors (Lipinski definition) is 2. The van der Waals surface area contributed by atoms with Gasteiger partial charge < -0.3 is 5.11 Å². The summed E-state index contributed by atoms with van der Waals surface area (Å²) in [7, 11) is 0. The normalized spacial score (nSPS) is 11.1. The monoisotopic (exact) mass is 337 g/mol. The molecule has 0 aliphatic heterocycles. The van der Waals surface area contributed by atoms with Crippen LogP contribution in [0.15, 0.2) is 53.6 Å². The number of pyridine rings is 1. The summed E-state index contributed by atoms with van der Waals surface area (Å²) in [5, 5.41) is 14.0. The topological polar surface area (TPSA) is 74.6 Å². The molecular weight excluding hydrogens is 321 g/mol. The van der Waals surface area contributed by atoms with Crippen molar-refractivity contribution in [2.45, 2.75) is 13.3 Å². The molecule has 0 aliphatic carbocycles. The van der Waals surface area contributed by atoms with Gasteiger partial charge in [-0.2, -0.15) is 5.10 Å². The smallest absolute Gasteiger partial charge is 0.272 e. The van der Waals surface area contributed by atoms with Gasteiger partial charge in [-0.3, -0.25) is 9.78 Å². The SMILES string of the molecule is Cc1cc(C(=O)NN=CCc2ccccc2O)c2cc(F)ccc2n1. The number of aromatic nitrogens is 1. The van der Waals surface area contributed by atoms with Gasteiger partial charge in [-0.1, -0.05) is 18.2 Å². The number of rotatable bonds is 4. The van der Waals surface area contributed by atoms with Crippen molar-refractivity contribution in [1.29, 1.82) is 0 Å². The summed E-state index contributed by atoms with van der Waals surface area (Å²) in [4.78, 5) is 16.7. The highest BCUT2D eigenvalue weighted by Crippen LogP contribution is 2.20. The Bertz CT molecular complexity index is 970. The van der Waals surface area contributed by atoms with E-state index < -0.39 is 11.7 Å². The maximum Gasteiger partial charge on any atom is 0.272 e. The summed E-state index contributed by atoms with van der Waals surface area (Å²) in [6.07, 6.45) is 1.86. The zero-order valence-corrected chi connectivity index (χ0v) is 13.5. The number of fused-ring (bicyclic) bond motifs is 1. The van der Waals surface area contributed by atoms with Crippen LogP contribution in [0.25, 0.3) is 10.9 Å². The van der Waals surface area contributed by atoms with Crippen LogP contribution in [0.3, 0.4) is 0 Å². The van der Waals surface area contributed by atoms with E-state index in [1.807, 2.05) is 6.07 Å². The van der Waals surface area contributed by atoms with Crippen molar-refractivity contribution in [2.75, 3.05) is 0 Å². The average molecular weight is 337 g/mol. The summed E-state index contributed by atoms with van der Waals surface area (Å²) in [6.45, 7) is 1.76. The first-order chi connectivity index (χ1) is 12.0. The van der Waals surface area contributed by atoms with Crippen molar-refractivity contribution in [3.8, 4) is 5.75 Å². The molecule has 0 fully saturated rings. The molecule has 6 heteroatoms. The molecule has 0 unspecified atom stereocenters. The fourth-order valence-corrected chi connectivity index (χ4v) is 2.51. The van der Waals surface area contributed by atoms with Gasteiger partial charge in [-0.05, 0) is 42.8 Å². The number of carbonyl (C=O) groups is 1. The van der Waals surface area contributed by atoms with E-state index in [2.05, 4.69) is 15.5 Å². The number of hydrazone groups is 1. The second kappa shape index (κ2) is 7.09. The Morgan fingerprint density at radius 3 is 2.88 bits per heavy atom. The molecule has 0 saturated carbocycles. The zero-order chi connectivity index (χ0) is 17.8. The Morgan fingerprint density at radius 1 is 1.28 bits per heavy atom.